The average Bonchev–Trinajstić information content (AvgIpc) is 3.42. The van der Waals surface area contributed by atoms with E-state index in [9.17, 15) is 9.59 Å². The summed E-state index contributed by atoms with van der Waals surface area (Å²) >= 11 is 3.17. The number of rotatable bonds is 11. The van der Waals surface area contributed by atoms with Gasteiger partial charge >= 0.3 is 5.97 Å². The Hall–Kier alpha value is -2.64. The van der Waals surface area contributed by atoms with E-state index >= 15 is 0 Å². The molecule has 2 heterocycles. The summed E-state index contributed by atoms with van der Waals surface area (Å²) in [5, 5.41) is 15.6. The van der Waals surface area contributed by atoms with Crippen LogP contribution in [0.1, 0.15) is 45.4 Å². The number of carboxylic acids is 1. The van der Waals surface area contributed by atoms with Gasteiger partial charge in [0.1, 0.15) is 5.75 Å². The summed E-state index contributed by atoms with van der Waals surface area (Å²) in [4.78, 5) is 24.4. The van der Waals surface area contributed by atoms with E-state index in [2.05, 4.69) is 55.0 Å². The molecule has 0 aliphatic carbocycles. The Morgan fingerprint density at radius 1 is 1.16 bits per heavy atom. The maximum absolute atomic E-state index is 12.1. The molecular formula is C25H29NO4S2. The third-order valence-electron chi connectivity index (χ3n) is 5.24. The topological polar surface area (TPSA) is 75.6 Å². The number of carbonyl (C=O) groups is 2. The van der Waals surface area contributed by atoms with Gasteiger partial charge in [0.2, 0.25) is 0 Å². The molecule has 170 valence electrons. The van der Waals surface area contributed by atoms with Gasteiger partial charge in [-0.25, -0.2) is 0 Å². The first kappa shape index (κ1) is 24.0. The lowest BCUT2D eigenvalue weighted by molar-refractivity contribution is -0.136. The Kier molecular flexibility index (Phi) is 8.47. The zero-order chi connectivity index (χ0) is 23.1. The fourth-order valence-corrected chi connectivity index (χ4v) is 5.17. The van der Waals surface area contributed by atoms with Crippen LogP contribution >= 0.6 is 22.7 Å². The van der Waals surface area contributed by atoms with Crippen LogP contribution in [0.3, 0.4) is 0 Å². The predicted molar refractivity (Wildman–Crippen MR) is 131 cm³/mol. The molecule has 0 saturated carbocycles. The summed E-state index contributed by atoms with van der Waals surface area (Å²) in [7, 11) is 0. The zero-order valence-corrected chi connectivity index (χ0v) is 20.3. The van der Waals surface area contributed by atoms with E-state index < -0.39 is 5.97 Å². The number of aliphatic carboxylic acids is 1. The van der Waals surface area contributed by atoms with Gasteiger partial charge in [0.25, 0.3) is 5.91 Å². The largest absolute Gasteiger partial charge is 0.493 e. The Balaban J connectivity index is 1.47. The number of ether oxygens (including phenoxy) is 1. The van der Waals surface area contributed by atoms with Crippen molar-refractivity contribution in [3.05, 3.63) is 62.0 Å². The normalized spacial score (nSPS) is 11.8. The van der Waals surface area contributed by atoms with Crippen LogP contribution in [0.15, 0.2) is 41.1 Å². The van der Waals surface area contributed by atoms with Crippen LogP contribution in [0.25, 0.3) is 11.1 Å². The molecule has 5 nitrogen and oxygen atoms in total. The second kappa shape index (κ2) is 11.3. The highest BCUT2D eigenvalue weighted by atomic mass is 32.1. The van der Waals surface area contributed by atoms with Gasteiger partial charge < -0.3 is 15.2 Å². The lowest BCUT2D eigenvalue weighted by atomic mass is 9.97. The van der Waals surface area contributed by atoms with Crippen molar-refractivity contribution in [3.63, 3.8) is 0 Å². The number of hydrogen-bond donors (Lipinski definition) is 2. The molecule has 1 atom stereocenters. The third kappa shape index (κ3) is 6.68. The molecular weight excluding hydrogens is 442 g/mol. The molecule has 0 aliphatic rings. The molecule has 3 rings (SSSR count). The van der Waals surface area contributed by atoms with E-state index in [1.807, 2.05) is 6.07 Å². The third-order valence-corrected chi connectivity index (χ3v) is 7.07. The standard InChI is InChI=1S/C25H29NO4S2/c1-16(4-5-21-6-7-22(32-21)25(29)26-10-8-23(27)28)14-30-20-12-17(2)24(18(3)13-20)19-9-11-31-15-19/h6-7,9,11-13,15-16H,4-5,8,10,14H2,1-3H3,(H,26,29)(H,27,28). The van der Waals surface area contributed by atoms with Crippen molar-refractivity contribution in [2.24, 2.45) is 5.92 Å². The Morgan fingerprint density at radius 2 is 1.91 bits per heavy atom. The lowest BCUT2D eigenvalue weighted by Gasteiger charge is -2.16. The minimum atomic E-state index is -0.919. The summed E-state index contributed by atoms with van der Waals surface area (Å²) < 4.78 is 6.09. The number of amides is 1. The van der Waals surface area contributed by atoms with Crippen molar-refractivity contribution < 1.29 is 19.4 Å². The summed E-state index contributed by atoms with van der Waals surface area (Å²) in [6, 6.07) is 10.2. The van der Waals surface area contributed by atoms with Crippen LogP contribution in [-0.2, 0) is 11.2 Å². The molecule has 0 spiro atoms. The highest BCUT2D eigenvalue weighted by Gasteiger charge is 2.12. The summed E-state index contributed by atoms with van der Waals surface area (Å²) in [6.07, 6.45) is 1.77. The number of benzene rings is 1. The Bertz CT molecular complexity index is 1030. The zero-order valence-electron chi connectivity index (χ0n) is 18.6. The smallest absolute Gasteiger partial charge is 0.305 e. The fraction of sp³-hybridized carbons (Fsp3) is 0.360. The van der Waals surface area contributed by atoms with Gasteiger partial charge in [-0.3, -0.25) is 9.59 Å². The van der Waals surface area contributed by atoms with Gasteiger partial charge in [-0.2, -0.15) is 11.3 Å². The maximum Gasteiger partial charge on any atom is 0.305 e. The lowest BCUT2D eigenvalue weighted by Crippen LogP contribution is -2.25. The number of hydrogen-bond acceptors (Lipinski definition) is 5. The number of nitrogens with one attached hydrogen (secondary N) is 1. The maximum atomic E-state index is 12.1. The van der Waals surface area contributed by atoms with Gasteiger partial charge in [-0.15, -0.1) is 11.3 Å². The molecule has 2 N–H and O–H groups in total. The first-order valence-electron chi connectivity index (χ1n) is 10.7. The molecule has 1 amide bonds. The van der Waals surface area contributed by atoms with Crippen molar-refractivity contribution in [2.45, 2.75) is 40.0 Å². The Labute approximate surface area is 197 Å². The van der Waals surface area contributed by atoms with E-state index in [0.29, 0.717) is 17.4 Å². The van der Waals surface area contributed by atoms with Crippen LogP contribution in [0.2, 0.25) is 0 Å². The molecule has 1 unspecified atom stereocenters. The molecule has 7 heteroatoms. The summed E-state index contributed by atoms with van der Waals surface area (Å²) in [5.41, 5.74) is 4.99. The van der Waals surface area contributed by atoms with Crippen LogP contribution in [-0.4, -0.2) is 30.1 Å². The van der Waals surface area contributed by atoms with Gasteiger partial charge in [0, 0.05) is 11.4 Å². The van der Waals surface area contributed by atoms with E-state index in [1.165, 1.54) is 33.6 Å². The monoisotopic (exact) mass is 471 g/mol. The quantitative estimate of drug-likeness (QED) is 0.363. The van der Waals surface area contributed by atoms with Crippen LogP contribution in [0, 0.1) is 19.8 Å². The molecule has 0 bridgehead atoms. The molecule has 2 aromatic heterocycles. The summed E-state index contributed by atoms with van der Waals surface area (Å²) in [5.74, 6) is 0.150. The summed E-state index contributed by atoms with van der Waals surface area (Å²) in [6.45, 7) is 7.21. The fourth-order valence-electron chi connectivity index (χ4n) is 3.58. The number of aryl methyl sites for hydroxylation is 3. The van der Waals surface area contributed by atoms with Gasteiger partial charge in [0.05, 0.1) is 17.9 Å². The van der Waals surface area contributed by atoms with Crippen molar-refractivity contribution in [2.75, 3.05) is 13.2 Å². The minimum absolute atomic E-state index is 0.0722. The average molecular weight is 472 g/mol. The van der Waals surface area contributed by atoms with Crippen molar-refractivity contribution in [3.8, 4) is 16.9 Å². The molecule has 0 radical (unpaired) electrons. The number of carboxylic acid groups (broad SMARTS) is 1. The van der Waals surface area contributed by atoms with Gasteiger partial charge in [0.15, 0.2) is 0 Å². The molecule has 32 heavy (non-hydrogen) atoms. The van der Waals surface area contributed by atoms with Crippen molar-refractivity contribution in [1.29, 1.82) is 0 Å². The second-order valence-electron chi connectivity index (χ2n) is 8.06. The highest BCUT2D eigenvalue weighted by molar-refractivity contribution is 7.14. The van der Waals surface area contributed by atoms with E-state index in [4.69, 9.17) is 9.84 Å². The number of thiophene rings is 2. The Morgan fingerprint density at radius 3 is 2.56 bits per heavy atom. The molecule has 0 saturated heterocycles. The van der Waals surface area contributed by atoms with Crippen molar-refractivity contribution >= 4 is 34.6 Å². The van der Waals surface area contributed by atoms with E-state index in [-0.39, 0.29) is 18.9 Å². The molecule has 1 aromatic carbocycles. The SMILES string of the molecule is Cc1cc(OCC(C)CCc2ccc(C(=O)NCCC(=O)O)s2)cc(C)c1-c1ccsc1. The van der Waals surface area contributed by atoms with Crippen molar-refractivity contribution in [1.82, 2.24) is 5.32 Å². The number of carbonyl (C=O) groups excluding carboxylic acids is 1. The molecule has 0 fully saturated rings. The first-order valence-corrected chi connectivity index (χ1v) is 12.4. The van der Waals surface area contributed by atoms with E-state index in [0.717, 1.165) is 23.5 Å². The minimum Gasteiger partial charge on any atom is -0.493 e. The van der Waals surface area contributed by atoms with E-state index in [1.54, 1.807) is 17.4 Å². The highest BCUT2D eigenvalue weighted by Crippen LogP contribution is 2.32. The van der Waals surface area contributed by atoms with Gasteiger partial charge in [-0.05, 0) is 96.0 Å². The predicted octanol–water partition coefficient (Wildman–Crippen LogP) is 5.95. The van der Waals surface area contributed by atoms with Gasteiger partial charge in [-0.1, -0.05) is 6.92 Å². The van der Waals surface area contributed by atoms with Crippen LogP contribution in [0.5, 0.6) is 5.75 Å². The second-order valence-corrected chi connectivity index (χ2v) is 10.0. The molecule has 0 aliphatic heterocycles. The molecule has 3 aromatic rings. The van der Waals surface area contributed by atoms with Crippen LogP contribution in [0.4, 0.5) is 0 Å². The first-order chi connectivity index (χ1) is 15.3. The van der Waals surface area contributed by atoms with Crippen LogP contribution < -0.4 is 10.1 Å².